The van der Waals surface area contributed by atoms with E-state index < -0.39 is 10.0 Å². The molecule has 2 aliphatic rings. The van der Waals surface area contributed by atoms with Crippen LogP contribution in [0.2, 0.25) is 0 Å². The van der Waals surface area contributed by atoms with E-state index in [1.165, 1.54) is 23.6 Å². The number of sulfonamides is 1. The van der Waals surface area contributed by atoms with E-state index in [-0.39, 0.29) is 16.8 Å². The number of nitrogens with one attached hydrogen (secondary N) is 1. The van der Waals surface area contributed by atoms with Crippen LogP contribution < -0.4 is 5.32 Å². The van der Waals surface area contributed by atoms with Crippen LogP contribution in [0.5, 0.6) is 0 Å². The van der Waals surface area contributed by atoms with Gasteiger partial charge in [-0.05, 0) is 73.9 Å². The van der Waals surface area contributed by atoms with Crippen molar-refractivity contribution in [2.45, 2.75) is 62.8 Å². The van der Waals surface area contributed by atoms with Crippen molar-refractivity contribution in [3.05, 3.63) is 64.7 Å². The zero-order valence-electron chi connectivity index (χ0n) is 17.6. The third-order valence-corrected chi connectivity index (χ3v) is 8.16. The number of nitrogens with zero attached hydrogens (tertiary/aromatic N) is 1. The number of rotatable bonds is 5. The van der Waals surface area contributed by atoms with Crippen LogP contribution in [0, 0.1) is 0 Å². The van der Waals surface area contributed by atoms with Gasteiger partial charge >= 0.3 is 0 Å². The standard InChI is InChI=1S/C24H30N2O3S/c1-18(20-13-12-19-8-6-9-21(19)16-20)25-24(27)22-10-7-11-23(17-22)30(28,29)26-14-4-2-3-5-15-26/h7,10-13,16-18H,2-6,8-9,14-15H2,1H3,(H,25,27). The molecule has 0 aromatic heterocycles. The average Bonchev–Trinajstić information content (AvgIpc) is 3.04. The third-order valence-electron chi connectivity index (χ3n) is 6.27. The van der Waals surface area contributed by atoms with Gasteiger partial charge in [-0.1, -0.05) is 37.1 Å². The van der Waals surface area contributed by atoms with Crippen molar-refractivity contribution in [2.24, 2.45) is 0 Å². The summed E-state index contributed by atoms with van der Waals surface area (Å²) < 4.78 is 27.7. The van der Waals surface area contributed by atoms with Crippen LogP contribution in [0.15, 0.2) is 47.4 Å². The zero-order chi connectivity index (χ0) is 21.1. The number of fused-ring (bicyclic) bond motifs is 1. The Balaban J connectivity index is 1.49. The molecule has 160 valence electrons. The first-order chi connectivity index (χ1) is 14.4. The SMILES string of the molecule is CC(NC(=O)c1cccc(S(=O)(=O)N2CCCCCC2)c1)c1ccc2c(c1)CCC2. The molecule has 1 N–H and O–H groups in total. The van der Waals surface area contributed by atoms with Gasteiger partial charge in [-0.25, -0.2) is 8.42 Å². The van der Waals surface area contributed by atoms with Crippen molar-refractivity contribution >= 4 is 15.9 Å². The number of benzene rings is 2. The number of hydrogen-bond donors (Lipinski definition) is 1. The lowest BCUT2D eigenvalue weighted by Crippen LogP contribution is -2.32. The molecule has 1 fully saturated rings. The van der Waals surface area contributed by atoms with Crippen LogP contribution in [0.25, 0.3) is 0 Å². The Bertz CT molecular complexity index is 1020. The van der Waals surface area contributed by atoms with Crippen molar-refractivity contribution < 1.29 is 13.2 Å². The van der Waals surface area contributed by atoms with E-state index in [1.807, 2.05) is 6.92 Å². The van der Waals surface area contributed by atoms with E-state index in [2.05, 4.69) is 23.5 Å². The zero-order valence-corrected chi connectivity index (χ0v) is 18.4. The highest BCUT2D eigenvalue weighted by Crippen LogP contribution is 2.26. The fourth-order valence-corrected chi connectivity index (χ4v) is 6.02. The molecule has 2 aromatic carbocycles. The summed E-state index contributed by atoms with van der Waals surface area (Å²) in [6, 6.07) is 12.7. The summed E-state index contributed by atoms with van der Waals surface area (Å²) >= 11 is 0. The molecule has 0 saturated carbocycles. The molecule has 1 atom stereocenters. The van der Waals surface area contributed by atoms with Gasteiger partial charge < -0.3 is 5.32 Å². The van der Waals surface area contributed by atoms with Crippen molar-refractivity contribution in [1.29, 1.82) is 0 Å². The van der Waals surface area contributed by atoms with Gasteiger partial charge in [0.05, 0.1) is 10.9 Å². The Morgan fingerprint density at radius 3 is 2.43 bits per heavy atom. The van der Waals surface area contributed by atoms with Gasteiger partial charge in [0.1, 0.15) is 0 Å². The second-order valence-electron chi connectivity index (χ2n) is 8.42. The van der Waals surface area contributed by atoms with Crippen LogP contribution >= 0.6 is 0 Å². The predicted octanol–water partition coefficient (Wildman–Crippen LogP) is 4.23. The molecule has 1 heterocycles. The molecular formula is C24H30N2O3S. The van der Waals surface area contributed by atoms with E-state index in [4.69, 9.17) is 0 Å². The first-order valence-electron chi connectivity index (χ1n) is 11.0. The van der Waals surface area contributed by atoms with Gasteiger partial charge in [0.15, 0.2) is 0 Å². The van der Waals surface area contributed by atoms with Crippen molar-refractivity contribution in [2.75, 3.05) is 13.1 Å². The number of hydrogen-bond acceptors (Lipinski definition) is 3. The maximum Gasteiger partial charge on any atom is 0.251 e. The predicted molar refractivity (Wildman–Crippen MR) is 118 cm³/mol. The lowest BCUT2D eigenvalue weighted by atomic mass is 10.0. The van der Waals surface area contributed by atoms with Gasteiger partial charge in [0.25, 0.3) is 5.91 Å². The molecule has 0 bridgehead atoms. The normalized spacial score (nSPS) is 18.4. The van der Waals surface area contributed by atoms with Crippen molar-refractivity contribution in [3.63, 3.8) is 0 Å². The highest BCUT2D eigenvalue weighted by atomic mass is 32.2. The number of amides is 1. The Hall–Kier alpha value is -2.18. The van der Waals surface area contributed by atoms with Crippen molar-refractivity contribution in [3.8, 4) is 0 Å². The molecule has 5 nitrogen and oxygen atoms in total. The Morgan fingerprint density at radius 1 is 0.933 bits per heavy atom. The fourth-order valence-electron chi connectivity index (χ4n) is 4.45. The van der Waals surface area contributed by atoms with Crippen LogP contribution in [0.3, 0.4) is 0 Å². The summed E-state index contributed by atoms with van der Waals surface area (Å²) in [6.07, 6.45) is 7.33. The molecule has 30 heavy (non-hydrogen) atoms. The number of carbonyl (C=O) groups excluding carboxylic acids is 1. The van der Waals surface area contributed by atoms with E-state index >= 15 is 0 Å². The molecule has 1 aliphatic heterocycles. The molecule has 0 spiro atoms. The van der Waals surface area contributed by atoms with Crippen LogP contribution in [0.1, 0.15) is 72.1 Å². The van der Waals surface area contributed by atoms with E-state index in [0.29, 0.717) is 18.7 Å². The Morgan fingerprint density at radius 2 is 1.67 bits per heavy atom. The summed E-state index contributed by atoms with van der Waals surface area (Å²) in [5.41, 5.74) is 4.24. The lowest BCUT2D eigenvalue weighted by molar-refractivity contribution is 0.0939. The van der Waals surface area contributed by atoms with E-state index in [1.54, 1.807) is 22.5 Å². The first kappa shape index (κ1) is 21.1. The quantitative estimate of drug-likeness (QED) is 0.778. The molecular weight excluding hydrogens is 396 g/mol. The van der Waals surface area contributed by atoms with Gasteiger partial charge in [0.2, 0.25) is 10.0 Å². The maximum atomic E-state index is 13.1. The van der Waals surface area contributed by atoms with Crippen LogP contribution in [0.4, 0.5) is 0 Å². The topological polar surface area (TPSA) is 66.5 Å². The van der Waals surface area contributed by atoms with E-state index in [9.17, 15) is 13.2 Å². The fraction of sp³-hybridized carbons (Fsp3) is 0.458. The number of carbonyl (C=O) groups is 1. The minimum absolute atomic E-state index is 0.144. The molecule has 0 radical (unpaired) electrons. The largest absolute Gasteiger partial charge is 0.346 e. The average molecular weight is 427 g/mol. The molecule has 1 saturated heterocycles. The molecule has 1 amide bonds. The van der Waals surface area contributed by atoms with Gasteiger partial charge in [-0.3, -0.25) is 4.79 Å². The Labute approximate surface area is 179 Å². The molecule has 1 aliphatic carbocycles. The second kappa shape index (κ2) is 8.90. The monoisotopic (exact) mass is 426 g/mol. The van der Waals surface area contributed by atoms with Crippen LogP contribution in [-0.4, -0.2) is 31.7 Å². The minimum atomic E-state index is -3.58. The summed E-state index contributed by atoms with van der Waals surface area (Å²) in [5.74, 6) is -0.254. The lowest BCUT2D eigenvalue weighted by Gasteiger charge is -2.20. The number of aryl methyl sites for hydroxylation is 2. The summed E-state index contributed by atoms with van der Waals surface area (Å²) in [6.45, 7) is 3.06. The molecule has 2 aromatic rings. The Kier molecular flexibility index (Phi) is 6.25. The molecule has 1 unspecified atom stereocenters. The summed E-state index contributed by atoms with van der Waals surface area (Å²) in [4.78, 5) is 13.0. The molecule has 4 rings (SSSR count). The summed E-state index contributed by atoms with van der Waals surface area (Å²) in [5, 5.41) is 3.02. The van der Waals surface area contributed by atoms with E-state index in [0.717, 1.165) is 44.1 Å². The van der Waals surface area contributed by atoms with Gasteiger partial charge in [-0.2, -0.15) is 4.31 Å². The van der Waals surface area contributed by atoms with Crippen LogP contribution in [-0.2, 0) is 22.9 Å². The smallest absolute Gasteiger partial charge is 0.251 e. The molecule has 6 heteroatoms. The van der Waals surface area contributed by atoms with Gasteiger partial charge in [0, 0.05) is 18.7 Å². The summed E-state index contributed by atoms with van der Waals surface area (Å²) in [7, 11) is -3.58. The highest BCUT2D eigenvalue weighted by Gasteiger charge is 2.26. The highest BCUT2D eigenvalue weighted by molar-refractivity contribution is 7.89. The van der Waals surface area contributed by atoms with Crippen molar-refractivity contribution in [1.82, 2.24) is 9.62 Å². The first-order valence-corrected chi connectivity index (χ1v) is 12.4. The maximum absolute atomic E-state index is 13.1. The second-order valence-corrected chi connectivity index (χ2v) is 10.4. The van der Waals surface area contributed by atoms with Gasteiger partial charge in [-0.15, -0.1) is 0 Å². The third kappa shape index (κ3) is 4.44. The minimum Gasteiger partial charge on any atom is -0.346 e.